The maximum Gasteiger partial charge on any atom is 0.243 e. The second-order valence-corrected chi connectivity index (χ2v) is 5.50. The lowest BCUT2D eigenvalue weighted by Gasteiger charge is -2.08. The van der Waals surface area contributed by atoms with Gasteiger partial charge in [0.2, 0.25) is 5.28 Å². The van der Waals surface area contributed by atoms with E-state index < -0.39 is 0 Å². The first-order valence-electron chi connectivity index (χ1n) is 6.05. The summed E-state index contributed by atoms with van der Waals surface area (Å²) in [6, 6.07) is 14.6. The van der Waals surface area contributed by atoms with Crippen molar-refractivity contribution in [2.24, 2.45) is 0 Å². The molecule has 0 spiro atoms. The first-order chi connectivity index (χ1) is 10.1. The zero-order valence-corrected chi connectivity index (χ0v) is 12.9. The van der Waals surface area contributed by atoms with Crippen LogP contribution in [0.25, 0.3) is 22.5 Å². The van der Waals surface area contributed by atoms with E-state index >= 15 is 0 Å². The number of hydrogen-bond donors (Lipinski definition) is 0. The van der Waals surface area contributed by atoms with Crippen molar-refractivity contribution in [2.75, 3.05) is 0 Å². The average molecular weight is 337 g/mol. The predicted molar refractivity (Wildman–Crippen MR) is 85.7 cm³/mol. The van der Waals surface area contributed by atoms with Crippen LogP contribution in [0.4, 0.5) is 0 Å². The van der Waals surface area contributed by atoms with E-state index in [1.54, 1.807) is 24.3 Å². The van der Waals surface area contributed by atoms with Crippen molar-refractivity contribution < 1.29 is 0 Å². The lowest BCUT2D eigenvalue weighted by atomic mass is 10.0. The Morgan fingerprint density at radius 3 is 1.57 bits per heavy atom. The SMILES string of the molecule is Clc1ccc(-c2nnc(Cl)nc2-c2ccc(Cl)cc2)cc1. The Morgan fingerprint density at radius 2 is 1.05 bits per heavy atom. The Labute approximate surface area is 136 Å². The van der Waals surface area contributed by atoms with Crippen LogP contribution in [0.1, 0.15) is 0 Å². The van der Waals surface area contributed by atoms with E-state index in [1.165, 1.54) is 0 Å². The number of benzene rings is 2. The molecule has 2 aromatic carbocycles. The third-order valence-electron chi connectivity index (χ3n) is 2.90. The van der Waals surface area contributed by atoms with Gasteiger partial charge in [-0.15, -0.1) is 10.2 Å². The Hall–Kier alpha value is -1.68. The molecule has 1 aromatic heterocycles. The van der Waals surface area contributed by atoms with Gasteiger partial charge in [-0.05, 0) is 35.9 Å². The lowest BCUT2D eigenvalue weighted by molar-refractivity contribution is 0.982. The van der Waals surface area contributed by atoms with E-state index in [0.29, 0.717) is 21.4 Å². The molecule has 0 atom stereocenters. The fraction of sp³-hybridized carbons (Fsp3) is 0. The summed E-state index contributed by atoms with van der Waals surface area (Å²) in [5, 5.41) is 9.39. The van der Waals surface area contributed by atoms with Crippen molar-refractivity contribution in [3.63, 3.8) is 0 Å². The molecule has 0 saturated carbocycles. The highest BCUT2D eigenvalue weighted by molar-refractivity contribution is 6.31. The minimum Gasteiger partial charge on any atom is -0.214 e. The van der Waals surface area contributed by atoms with E-state index in [4.69, 9.17) is 34.8 Å². The molecule has 0 aliphatic rings. The predicted octanol–water partition coefficient (Wildman–Crippen LogP) is 5.17. The van der Waals surface area contributed by atoms with E-state index in [2.05, 4.69) is 15.2 Å². The fourth-order valence-electron chi connectivity index (χ4n) is 1.92. The van der Waals surface area contributed by atoms with Crippen LogP contribution in [0.2, 0.25) is 15.3 Å². The molecule has 6 heteroatoms. The quantitative estimate of drug-likeness (QED) is 0.648. The summed E-state index contributed by atoms with van der Waals surface area (Å²) < 4.78 is 0. The average Bonchev–Trinajstić information content (AvgIpc) is 2.49. The molecule has 3 rings (SSSR count). The fourth-order valence-corrected chi connectivity index (χ4v) is 2.29. The van der Waals surface area contributed by atoms with Gasteiger partial charge in [0.1, 0.15) is 11.4 Å². The van der Waals surface area contributed by atoms with Crippen LogP contribution in [0, 0.1) is 0 Å². The van der Waals surface area contributed by atoms with Gasteiger partial charge in [0, 0.05) is 21.2 Å². The molecule has 0 unspecified atom stereocenters. The van der Waals surface area contributed by atoms with E-state index in [9.17, 15) is 0 Å². The monoisotopic (exact) mass is 335 g/mol. The number of hydrogen-bond acceptors (Lipinski definition) is 3. The van der Waals surface area contributed by atoms with Gasteiger partial charge in [-0.2, -0.15) is 0 Å². The van der Waals surface area contributed by atoms with Crippen LogP contribution in [-0.4, -0.2) is 15.2 Å². The van der Waals surface area contributed by atoms with Gasteiger partial charge in [-0.25, -0.2) is 4.98 Å². The summed E-state index contributed by atoms with van der Waals surface area (Å²) in [4.78, 5) is 4.29. The third-order valence-corrected chi connectivity index (χ3v) is 3.56. The van der Waals surface area contributed by atoms with Crippen molar-refractivity contribution >= 4 is 34.8 Å². The maximum atomic E-state index is 5.92. The van der Waals surface area contributed by atoms with Gasteiger partial charge >= 0.3 is 0 Å². The normalized spacial score (nSPS) is 10.6. The second kappa shape index (κ2) is 5.98. The largest absolute Gasteiger partial charge is 0.243 e. The van der Waals surface area contributed by atoms with Gasteiger partial charge in [0.15, 0.2) is 0 Å². The summed E-state index contributed by atoms with van der Waals surface area (Å²) in [5.74, 6) is 0. The molecule has 0 N–H and O–H groups in total. The summed E-state index contributed by atoms with van der Waals surface area (Å²) in [7, 11) is 0. The zero-order valence-electron chi connectivity index (χ0n) is 10.6. The van der Waals surface area contributed by atoms with Crippen LogP contribution in [-0.2, 0) is 0 Å². The highest BCUT2D eigenvalue weighted by Crippen LogP contribution is 2.30. The van der Waals surface area contributed by atoms with Crippen LogP contribution in [0.3, 0.4) is 0 Å². The Kier molecular flexibility index (Phi) is 4.06. The van der Waals surface area contributed by atoms with Gasteiger partial charge in [0.05, 0.1) is 0 Å². The first kappa shape index (κ1) is 14.3. The standard InChI is InChI=1S/C15H8Cl3N3/c16-11-5-1-9(2-6-11)13-14(20-21-15(18)19-13)10-3-7-12(17)8-4-10/h1-8H. The molecule has 0 fully saturated rings. The molecule has 0 bridgehead atoms. The molecule has 0 aliphatic heterocycles. The molecule has 3 nitrogen and oxygen atoms in total. The molecule has 3 aromatic rings. The van der Waals surface area contributed by atoms with Crippen molar-refractivity contribution in [3.8, 4) is 22.5 Å². The Bertz CT molecular complexity index is 771. The number of halogens is 3. The van der Waals surface area contributed by atoms with Gasteiger partial charge in [0.25, 0.3) is 0 Å². The second-order valence-electron chi connectivity index (χ2n) is 4.29. The van der Waals surface area contributed by atoms with Crippen LogP contribution < -0.4 is 0 Å². The molecule has 1 heterocycles. The molecule has 104 valence electrons. The summed E-state index contributed by atoms with van der Waals surface area (Å²) in [6.45, 7) is 0. The summed E-state index contributed by atoms with van der Waals surface area (Å²) >= 11 is 17.7. The molecule has 0 amide bonds. The minimum atomic E-state index is 0.0951. The van der Waals surface area contributed by atoms with Crippen LogP contribution >= 0.6 is 34.8 Å². The third kappa shape index (κ3) is 3.16. The molecule has 21 heavy (non-hydrogen) atoms. The van der Waals surface area contributed by atoms with Crippen molar-refractivity contribution in [2.45, 2.75) is 0 Å². The van der Waals surface area contributed by atoms with Gasteiger partial charge in [-0.3, -0.25) is 0 Å². The molecule has 0 aliphatic carbocycles. The first-order valence-corrected chi connectivity index (χ1v) is 7.19. The van der Waals surface area contributed by atoms with Crippen molar-refractivity contribution in [1.29, 1.82) is 0 Å². The Balaban J connectivity index is 2.17. The molecule has 0 radical (unpaired) electrons. The summed E-state index contributed by atoms with van der Waals surface area (Å²) in [6.07, 6.45) is 0. The van der Waals surface area contributed by atoms with Gasteiger partial charge in [-0.1, -0.05) is 47.5 Å². The van der Waals surface area contributed by atoms with Crippen LogP contribution in [0.15, 0.2) is 48.5 Å². The van der Waals surface area contributed by atoms with Gasteiger partial charge < -0.3 is 0 Å². The highest BCUT2D eigenvalue weighted by Gasteiger charge is 2.13. The van der Waals surface area contributed by atoms with E-state index in [0.717, 1.165) is 11.1 Å². The number of nitrogens with zero attached hydrogens (tertiary/aromatic N) is 3. The number of aromatic nitrogens is 3. The number of rotatable bonds is 2. The zero-order chi connectivity index (χ0) is 14.8. The highest BCUT2D eigenvalue weighted by atomic mass is 35.5. The van der Waals surface area contributed by atoms with Crippen molar-refractivity contribution in [3.05, 3.63) is 63.9 Å². The molecular weight excluding hydrogens is 329 g/mol. The lowest BCUT2D eigenvalue weighted by Crippen LogP contribution is -1.97. The van der Waals surface area contributed by atoms with Crippen molar-refractivity contribution in [1.82, 2.24) is 15.2 Å². The van der Waals surface area contributed by atoms with E-state index in [-0.39, 0.29) is 5.28 Å². The molecule has 0 saturated heterocycles. The van der Waals surface area contributed by atoms with E-state index in [1.807, 2.05) is 24.3 Å². The topological polar surface area (TPSA) is 38.7 Å². The smallest absolute Gasteiger partial charge is 0.214 e. The maximum absolute atomic E-state index is 5.92. The Morgan fingerprint density at radius 1 is 0.571 bits per heavy atom. The van der Waals surface area contributed by atoms with Crippen LogP contribution in [0.5, 0.6) is 0 Å². The molecular formula is C15H8Cl3N3. The minimum absolute atomic E-state index is 0.0951. The summed E-state index contributed by atoms with van der Waals surface area (Å²) in [5.41, 5.74) is 3.01.